The van der Waals surface area contributed by atoms with E-state index in [0.29, 0.717) is 11.4 Å². The third kappa shape index (κ3) is 4.65. The summed E-state index contributed by atoms with van der Waals surface area (Å²) >= 11 is 0. The Labute approximate surface area is 140 Å². The summed E-state index contributed by atoms with van der Waals surface area (Å²) < 4.78 is 0. The monoisotopic (exact) mass is 328 g/mol. The van der Waals surface area contributed by atoms with E-state index in [4.69, 9.17) is 0 Å². The molecule has 0 aromatic heterocycles. The van der Waals surface area contributed by atoms with Gasteiger partial charge in [0.25, 0.3) is 11.8 Å². The lowest BCUT2D eigenvalue weighted by Crippen LogP contribution is -2.45. The molecule has 6 heteroatoms. The van der Waals surface area contributed by atoms with E-state index >= 15 is 0 Å². The molecule has 0 aliphatic carbocycles. The summed E-state index contributed by atoms with van der Waals surface area (Å²) in [5, 5.41) is 24.7. The predicted molar refractivity (Wildman–Crippen MR) is 91.6 cm³/mol. The van der Waals surface area contributed by atoms with Crippen molar-refractivity contribution in [3.63, 3.8) is 0 Å². The maximum absolute atomic E-state index is 12.0. The van der Waals surface area contributed by atoms with Crippen LogP contribution in [0, 0.1) is 13.8 Å². The molecule has 2 aromatic carbocycles. The van der Waals surface area contributed by atoms with Gasteiger partial charge in [0.2, 0.25) is 0 Å². The van der Waals surface area contributed by atoms with Crippen molar-refractivity contribution in [1.82, 2.24) is 0 Å². The molecular weight excluding hydrogens is 308 g/mol. The molecule has 24 heavy (non-hydrogen) atoms. The second kappa shape index (κ2) is 7.72. The Kier molecular flexibility index (Phi) is 5.68. The van der Waals surface area contributed by atoms with Gasteiger partial charge < -0.3 is 20.8 Å². The number of carbonyl (C=O) groups is 2. The van der Waals surface area contributed by atoms with Crippen LogP contribution in [0.15, 0.2) is 48.5 Å². The minimum atomic E-state index is -1.88. The highest BCUT2D eigenvalue weighted by Gasteiger charge is 2.30. The van der Waals surface area contributed by atoms with Gasteiger partial charge >= 0.3 is 0 Å². The van der Waals surface area contributed by atoms with Crippen LogP contribution in [0.2, 0.25) is 0 Å². The number of anilines is 2. The summed E-state index contributed by atoms with van der Waals surface area (Å²) in [6, 6.07) is 13.9. The van der Waals surface area contributed by atoms with E-state index in [2.05, 4.69) is 10.6 Å². The van der Waals surface area contributed by atoms with Gasteiger partial charge in [-0.2, -0.15) is 0 Å². The van der Waals surface area contributed by atoms with Crippen molar-refractivity contribution in [2.45, 2.75) is 26.1 Å². The standard InChI is InChI=1S/C18H20N2O4/c1-11-5-3-7-13(9-11)19-17(23)15(21)16(22)18(24)20-14-8-4-6-12(2)10-14/h3-10,15-16,21-22H,1-2H3,(H,19,23)(H,20,24)/t15-,16-/m0/s1. The van der Waals surface area contributed by atoms with Crippen LogP contribution in [0.5, 0.6) is 0 Å². The van der Waals surface area contributed by atoms with Gasteiger partial charge in [-0.1, -0.05) is 24.3 Å². The Balaban J connectivity index is 1.98. The molecule has 6 nitrogen and oxygen atoms in total. The fourth-order valence-electron chi connectivity index (χ4n) is 2.16. The number of hydrogen-bond donors (Lipinski definition) is 4. The van der Waals surface area contributed by atoms with Crippen molar-refractivity contribution < 1.29 is 19.8 Å². The zero-order valence-corrected chi connectivity index (χ0v) is 13.5. The highest BCUT2D eigenvalue weighted by molar-refractivity contribution is 6.02. The number of hydrogen-bond acceptors (Lipinski definition) is 4. The van der Waals surface area contributed by atoms with Crippen molar-refractivity contribution >= 4 is 23.2 Å². The van der Waals surface area contributed by atoms with Crippen molar-refractivity contribution in [2.24, 2.45) is 0 Å². The Morgan fingerprint density at radius 1 is 0.792 bits per heavy atom. The fourth-order valence-corrected chi connectivity index (χ4v) is 2.16. The Bertz CT molecular complexity index is 682. The third-order valence-corrected chi connectivity index (χ3v) is 3.41. The first-order valence-corrected chi connectivity index (χ1v) is 7.48. The molecule has 0 spiro atoms. The van der Waals surface area contributed by atoms with Gasteiger partial charge in [0.1, 0.15) is 0 Å². The third-order valence-electron chi connectivity index (χ3n) is 3.41. The topological polar surface area (TPSA) is 98.7 Å². The molecule has 126 valence electrons. The SMILES string of the molecule is Cc1cccc(NC(=O)[C@@H](O)[C@H](O)C(=O)Nc2cccc(C)c2)c1. The van der Waals surface area contributed by atoms with Crippen LogP contribution in [-0.2, 0) is 9.59 Å². The molecule has 2 rings (SSSR count). The Morgan fingerprint density at radius 2 is 1.17 bits per heavy atom. The van der Waals surface area contributed by atoms with E-state index in [0.717, 1.165) is 11.1 Å². The van der Waals surface area contributed by atoms with Crippen LogP contribution in [0.3, 0.4) is 0 Å². The molecule has 0 saturated carbocycles. The molecule has 4 N–H and O–H groups in total. The predicted octanol–water partition coefficient (Wildman–Crippen LogP) is 1.60. The van der Waals surface area contributed by atoms with Gasteiger partial charge in [0.15, 0.2) is 12.2 Å². The molecule has 2 atom stereocenters. The first kappa shape index (κ1) is 17.7. The molecule has 0 saturated heterocycles. The van der Waals surface area contributed by atoms with E-state index in [-0.39, 0.29) is 0 Å². The zero-order valence-electron chi connectivity index (χ0n) is 13.5. The van der Waals surface area contributed by atoms with Crippen LogP contribution < -0.4 is 10.6 Å². The normalized spacial score (nSPS) is 13.0. The molecule has 2 amide bonds. The number of aliphatic hydroxyl groups is 2. The van der Waals surface area contributed by atoms with Crippen LogP contribution in [0.1, 0.15) is 11.1 Å². The molecular formula is C18H20N2O4. The largest absolute Gasteiger partial charge is 0.380 e. The molecule has 0 fully saturated rings. The summed E-state index contributed by atoms with van der Waals surface area (Å²) in [6.45, 7) is 3.71. The first-order valence-electron chi connectivity index (χ1n) is 7.48. The van der Waals surface area contributed by atoms with E-state index in [1.807, 2.05) is 26.0 Å². The number of aliphatic hydroxyl groups excluding tert-OH is 2. The minimum Gasteiger partial charge on any atom is -0.380 e. The van der Waals surface area contributed by atoms with Gasteiger partial charge in [-0.3, -0.25) is 9.59 Å². The minimum absolute atomic E-state index is 0.477. The van der Waals surface area contributed by atoms with Gasteiger partial charge in [0, 0.05) is 11.4 Å². The molecule has 0 bridgehead atoms. The molecule has 2 aromatic rings. The number of benzene rings is 2. The second-order valence-corrected chi connectivity index (χ2v) is 5.61. The number of carbonyl (C=O) groups excluding carboxylic acids is 2. The second-order valence-electron chi connectivity index (χ2n) is 5.61. The van der Waals surface area contributed by atoms with E-state index in [9.17, 15) is 19.8 Å². The highest BCUT2D eigenvalue weighted by Crippen LogP contribution is 2.12. The summed E-state index contributed by atoms with van der Waals surface area (Å²) in [5.41, 5.74) is 2.82. The lowest BCUT2D eigenvalue weighted by Gasteiger charge is -2.17. The number of rotatable bonds is 5. The van der Waals surface area contributed by atoms with E-state index in [1.54, 1.807) is 36.4 Å². The summed E-state index contributed by atoms with van der Waals surface area (Å²) in [4.78, 5) is 24.0. The van der Waals surface area contributed by atoms with Crippen LogP contribution in [-0.4, -0.2) is 34.2 Å². The highest BCUT2D eigenvalue weighted by atomic mass is 16.3. The summed E-state index contributed by atoms with van der Waals surface area (Å²) in [7, 11) is 0. The Hall–Kier alpha value is -2.70. The quantitative estimate of drug-likeness (QED) is 0.670. The van der Waals surface area contributed by atoms with E-state index < -0.39 is 24.0 Å². The average molecular weight is 328 g/mol. The molecule has 0 radical (unpaired) electrons. The average Bonchev–Trinajstić information content (AvgIpc) is 2.53. The molecule has 0 aliphatic rings. The maximum atomic E-state index is 12.0. The van der Waals surface area contributed by atoms with Crippen LogP contribution in [0.4, 0.5) is 11.4 Å². The lowest BCUT2D eigenvalue weighted by molar-refractivity contribution is -0.139. The molecule has 0 unspecified atom stereocenters. The molecule has 0 aliphatic heterocycles. The van der Waals surface area contributed by atoms with Crippen molar-refractivity contribution in [3.05, 3.63) is 59.7 Å². The maximum Gasteiger partial charge on any atom is 0.256 e. The van der Waals surface area contributed by atoms with Crippen LogP contribution in [0.25, 0.3) is 0 Å². The number of aryl methyl sites for hydroxylation is 2. The van der Waals surface area contributed by atoms with Gasteiger partial charge in [-0.15, -0.1) is 0 Å². The van der Waals surface area contributed by atoms with Crippen molar-refractivity contribution in [2.75, 3.05) is 10.6 Å². The van der Waals surface area contributed by atoms with E-state index in [1.165, 1.54) is 0 Å². The first-order chi connectivity index (χ1) is 11.4. The molecule has 0 heterocycles. The van der Waals surface area contributed by atoms with Crippen molar-refractivity contribution in [3.8, 4) is 0 Å². The number of amides is 2. The number of nitrogens with one attached hydrogen (secondary N) is 2. The Morgan fingerprint density at radius 3 is 1.50 bits per heavy atom. The van der Waals surface area contributed by atoms with Gasteiger partial charge in [0.05, 0.1) is 0 Å². The summed E-state index contributed by atoms with van der Waals surface area (Å²) in [6.07, 6.45) is -3.76. The van der Waals surface area contributed by atoms with Gasteiger partial charge in [-0.25, -0.2) is 0 Å². The summed E-state index contributed by atoms with van der Waals surface area (Å²) in [5.74, 6) is -1.71. The van der Waals surface area contributed by atoms with Crippen LogP contribution >= 0.6 is 0 Å². The zero-order chi connectivity index (χ0) is 17.7. The van der Waals surface area contributed by atoms with Gasteiger partial charge in [-0.05, 0) is 49.2 Å². The lowest BCUT2D eigenvalue weighted by atomic mass is 10.1. The fraction of sp³-hybridized carbons (Fsp3) is 0.222. The smallest absolute Gasteiger partial charge is 0.256 e. The van der Waals surface area contributed by atoms with Crippen molar-refractivity contribution in [1.29, 1.82) is 0 Å².